The molecule has 7 nitrogen and oxygen atoms in total. The second-order valence-corrected chi connectivity index (χ2v) is 4.97. The normalized spacial score (nSPS) is 12.9. The van der Waals surface area contributed by atoms with Crippen LogP contribution in [0, 0.1) is 0 Å². The zero-order valence-electron chi connectivity index (χ0n) is 4.87. The van der Waals surface area contributed by atoms with Gasteiger partial charge >= 0.3 is 23.9 Å². The van der Waals surface area contributed by atoms with E-state index in [9.17, 15) is 28.7 Å². The van der Waals surface area contributed by atoms with Crippen molar-refractivity contribution in [1.82, 2.24) is 0 Å². The van der Waals surface area contributed by atoms with Crippen LogP contribution in [0.5, 0.6) is 0 Å². The molecule has 0 atom stereocenters. The second kappa shape index (κ2) is 4.34. The molecule has 0 rings (SSSR count). The first-order valence-corrected chi connectivity index (χ1v) is 5.09. The van der Waals surface area contributed by atoms with E-state index < -0.39 is 20.8 Å². The minimum atomic E-state index is -5.71. The fourth-order valence-electron chi connectivity index (χ4n) is 0.173. The molecular formula is CH2O7P2Sn. The van der Waals surface area contributed by atoms with Crippen LogP contribution in [-0.4, -0.2) is 34.6 Å². The van der Waals surface area contributed by atoms with E-state index in [2.05, 4.69) is 0 Å². The SMILES string of the molecule is O=P([O-])([O-])C(O)P(=O)([O-])[O-].[Sn+4]. The molecule has 0 aliphatic rings. The average Bonchev–Trinajstić information content (AvgIpc) is 1.59. The van der Waals surface area contributed by atoms with Crippen LogP contribution >= 0.6 is 15.2 Å². The van der Waals surface area contributed by atoms with Crippen LogP contribution in [0.15, 0.2) is 0 Å². The molecule has 0 heterocycles. The molecule has 1 N–H and O–H groups in total. The Labute approximate surface area is 78.7 Å². The Morgan fingerprint density at radius 1 is 1.00 bits per heavy atom. The van der Waals surface area contributed by atoms with Gasteiger partial charge in [0.2, 0.25) is 0 Å². The van der Waals surface area contributed by atoms with Crippen LogP contribution in [-0.2, 0) is 9.13 Å². The quantitative estimate of drug-likeness (QED) is 0.401. The van der Waals surface area contributed by atoms with Gasteiger partial charge in [0.05, 0.1) is 0 Å². The number of hydrogen-bond acceptors (Lipinski definition) is 7. The standard InChI is InChI=1S/CH6O7P2.Sn/c2-1(9(3,4)5)10(6,7)8;/h1-2H,(H2,3,4,5)(H2,6,7,8);/q;+4/p-4. The van der Waals surface area contributed by atoms with Gasteiger partial charge in [0, 0.05) is 0 Å². The molecule has 0 saturated heterocycles. The maximum absolute atomic E-state index is 9.63. The van der Waals surface area contributed by atoms with Crippen molar-refractivity contribution < 1.29 is 33.8 Å². The van der Waals surface area contributed by atoms with E-state index in [-0.39, 0.29) is 23.9 Å². The Kier molecular flexibility index (Phi) is 5.75. The van der Waals surface area contributed by atoms with Gasteiger partial charge in [-0.3, -0.25) is 0 Å². The largest absolute Gasteiger partial charge is 4.00 e. The minimum absolute atomic E-state index is 0. The van der Waals surface area contributed by atoms with Gasteiger partial charge in [-0.2, -0.15) is 0 Å². The molecule has 0 aromatic rings. The summed E-state index contributed by atoms with van der Waals surface area (Å²) >= 11 is 0. The summed E-state index contributed by atoms with van der Waals surface area (Å²) in [6.07, 6.45) is 0. The molecule has 11 heavy (non-hydrogen) atoms. The third-order valence-electron chi connectivity index (χ3n) is 0.566. The zero-order valence-corrected chi connectivity index (χ0v) is 9.51. The Morgan fingerprint density at radius 2 is 1.18 bits per heavy atom. The zero-order chi connectivity index (χ0) is 8.58. The Hall–Kier alpha value is 1.06. The predicted molar refractivity (Wildman–Crippen MR) is 27.0 cm³/mol. The summed E-state index contributed by atoms with van der Waals surface area (Å²) in [4.78, 5) is 38.5. The van der Waals surface area contributed by atoms with Crippen molar-refractivity contribution >= 4 is 39.1 Å². The van der Waals surface area contributed by atoms with Gasteiger partial charge < -0.3 is 33.8 Å². The molecular weight excluding hydrogens is 305 g/mol. The van der Waals surface area contributed by atoms with Gasteiger partial charge in [-0.15, -0.1) is 0 Å². The van der Waals surface area contributed by atoms with E-state index in [0.29, 0.717) is 0 Å². The van der Waals surface area contributed by atoms with Crippen LogP contribution in [0.3, 0.4) is 0 Å². The van der Waals surface area contributed by atoms with Crippen molar-refractivity contribution in [3.8, 4) is 0 Å². The van der Waals surface area contributed by atoms with Crippen molar-refractivity contribution in [3.63, 3.8) is 0 Å². The van der Waals surface area contributed by atoms with Crippen molar-refractivity contribution in [3.05, 3.63) is 0 Å². The molecule has 0 radical (unpaired) electrons. The number of rotatable bonds is 2. The summed E-state index contributed by atoms with van der Waals surface area (Å²) in [5, 5.41) is 7.95. The fraction of sp³-hybridized carbons (Fsp3) is 1.00. The molecule has 0 aliphatic heterocycles. The van der Waals surface area contributed by atoms with Crippen LogP contribution in [0.4, 0.5) is 0 Å². The molecule has 0 saturated carbocycles. The molecule has 0 aromatic heterocycles. The molecule has 10 heteroatoms. The minimum Gasteiger partial charge on any atom is -0.809 e. The molecule has 0 bridgehead atoms. The third kappa shape index (κ3) is 5.32. The van der Waals surface area contributed by atoms with Crippen LogP contribution in [0.25, 0.3) is 0 Å². The summed E-state index contributed by atoms with van der Waals surface area (Å²) < 4.78 is 19.3. The van der Waals surface area contributed by atoms with Crippen LogP contribution in [0.1, 0.15) is 0 Å². The van der Waals surface area contributed by atoms with Crippen LogP contribution in [0.2, 0.25) is 0 Å². The summed E-state index contributed by atoms with van der Waals surface area (Å²) in [6, 6.07) is 0. The molecule has 0 unspecified atom stereocenters. The molecule has 0 spiro atoms. The maximum Gasteiger partial charge on any atom is 4.00 e. The van der Waals surface area contributed by atoms with Gasteiger partial charge in [0.1, 0.15) is 5.59 Å². The first-order valence-electron chi connectivity index (χ1n) is 1.87. The van der Waals surface area contributed by atoms with Crippen molar-refractivity contribution in [2.45, 2.75) is 5.59 Å². The van der Waals surface area contributed by atoms with E-state index in [1.807, 2.05) is 0 Å². The molecule has 0 fully saturated rings. The Bertz CT molecular complexity index is 178. The monoisotopic (exact) mass is 308 g/mol. The van der Waals surface area contributed by atoms with Gasteiger partial charge in [-0.1, -0.05) is 0 Å². The van der Waals surface area contributed by atoms with Gasteiger partial charge in [-0.25, -0.2) is 0 Å². The predicted octanol–water partition coefficient (Wildman–Crippen LogP) is -4.29. The molecule has 62 valence electrons. The Morgan fingerprint density at radius 3 is 1.18 bits per heavy atom. The maximum atomic E-state index is 9.63. The Balaban J connectivity index is 0. The summed E-state index contributed by atoms with van der Waals surface area (Å²) in [7, 11) is -11.4. The van der Waals surface area contributed by atoms with Gasteiger partial charge in [-0.05, 0) is 15.2 Å². The first-order chi connectivity index (χ1) is 4.15. The number of hydrogen-bond donors (Lipinski definition) is 1. The summed E-state index contributed by atoms with van der Waals surface area (Å²) in [5.41, 5.74) is -3.35. The van der Waals surface area contributed by atoms with Gasteiger partial charge in [0.25, 0.3) is 0 Å². The van der Waals surface area contributed by atoms with E-state index in [0.717, 1.165) is 0 Å². The van der Waals surface area contributed by atoms with Crippen molar-refractivity contribution in [2.24, 2.45) is 0 Å². The summed E-state index contributed by atoms with van der Waals surface area (Å²) in [5.74, 6) is 0. The second-order valence-electron chi connectivity index (χ2n) is 1.43. The van der Waals surface area contributed by atoms with E-state index >= 15 is 0 Å². The van der Waals surface area contributed by atoms with Crippen LogP contribution < -0.4 is 19.6 Å². The first kappa shape index (κ1) is 14.6. The number of aliphatic hydroxyl groups excluding tert-OH is 1. The molecule has 0 aromatic carbocycles. The van der Waals surface area contributed by atoms with E-state index in [1.165, 1.54) is 0 Å². The van der Waals surface area contributed by atoms with Crippen molar-refractivity contribution in [2.75, 3.05) is 0 Å². The van der Waals surface area contributed by atoms with E-state index in [4.69, 9.17) is 5.11 Å². The average molecular weight is 307 g/mol. The number of aliphatic hydroxyl groups is 1. The van der Waals surface area contributed by atoms with E-state index in [1.54, 1.807) is 0 Å². The smallest absolute Gasteiger partial charge is 0.809 e. The fourth-order valence-corrected chi connectivity index (χ4v) is 1.56. The van der Waals surface area contributed by atoms with Crippen molar-refractivity contribution in [1.29, 1.82) is 0 Å². The van der Waals surface area contributed by atoms with Gasteiger partial charge in [0.15, 0.2) is 0 Å². The summed E-state index contributed by atoms with van der Waals surface area (Å²) in [6.45, 7) is 0. The molecule has 0 amide bonds. The molecule has 0 aliphatic carbocycles. The topological polar surface area (TPSA) is 147 Å². The third-order valence-corrected chi connectivity index (χ3v) is 3.39.